The van der Waals surface area contributed by atoms with Gasteiger partial charge in [-0.25, -0.2) is 0 Å². The van der Waals surface area contributed by atoms with Gasteiger partial charge in [-0.1, -0.05) is 0 Å². The first kappa shape index (κ1) is 45.3. The van der Waals surface area contributed by atoms with Gasteiger partial charge in [0.15, 0.2) is 0 Å². The fraction of sp³-hybridized carbons (Fsp3) is 0.500. The van der Waals surface area contributed by atoms with Crippen LogP contribution in [0, 0.1) is 0 Å². The molecule has 0 aliphatic carbocycles. The summed E-state index contributed by atoms with van der Waals surface area (Å²) in [6.07, 6.45) is 0. The number of carbonyl (C=O) groups is 1. The van der Waals surface area contributed by atoms with Crippen LogP contribution in [0.3, 0.4) is 0 Å². The summed E-state index contributed by atoms with van der Waals surface area (Å²) < 4.78 is 0. The van der Waals surface area contributed by atoms with Crippen molar-refractivity contribution in [2.75, 3.05) is 0 Å². The van der Waals surface area contributed by atoms with Crippen molar-refractivity contribution < 1.29 is 44.3 Å². The molecule has 0 radical (unpaired) electrons. The van der Waals surface area contributed by atoms with E-state index in [0.29, 0.717) is 0 Å². The maximum absolute atomic E-state index is 9.00. The smallest absolute Gasteiger partial charge is 1.00 e. The molecule has 0 fully saturated rings. The molecule has 6 heteroatoms. The maximum Gasteiger partial charge on any atom is 1.00 e. The molecular formula is C2H8F3LiO2. The van der Waals surface area contributed by atoms with Crippen molar-refractivity contribution in [2.45, 2.75) is 6.92 Å². The van der Waals surface area contributed by atoms with Gasteiger partial charge in [-0.15, -0.1) is 0 Å². The first-order valence-electron chi connectivity index (χ1n) is 0.928. The second-order valence-corrected chi connectivity index (χ2v) is 0.519. The summed E-state index contributed by atoms with van der Waals surface area (Å²) in [6.45, 7) is 1.08. The van der Waals surface area contributed by atoms with Gasteiger partial charge in [0.1, 0.15) is 0 Å². The fourth-order valence-electron chi connectivity index (χ4n) is 0. The van der Waals surface area contributed by atoms with Crippen molar-refractivity contribution in [3.05, 3.63) is 0 Å². The van der Waals surface area contributed by atoms with E-state index in [4.69, 9.17) is 9.90 Å². The first-order chi connectivity index (χ1) is 1.73. The largest absolute Gasteiger partial charge is 1.00 e. The minimum Gasteiger partial charge on any atom is -1.00 e. The molecule has 1 N–H and O–H groups in total. The number of rotatable bonds is 0. The van der Waals surface area contributed by atoms with Crippen molar-refractivity contribution in [3.63, 3.8) is 0 Å². The molecular weight excluding hydrogens is 120 g/mol. The zero-order valence-corrected chi connectivity index (χ0v) is 4.58. The number of hydrogen-bond acceptors (Lipinski definition) is 1. The van der Waals surface area contributed by atoms with E-state index in [9.17, 15) is 0 Å². The summed E-state index contributed by atoms with van der Waals surface area (Å²) in [5.41, 5.74) is 0. The Morgan fingerprint density at radius 3 is 1.38 bits per heavy atom. The second kappa shape index (κ2) is 28.8. The van der Waals surface area contributed by atoms with Crippen molar-refractivity contribution in [3.8, 4) is 0 Å². The van der Waals surface area contributed by atoms with Gasteiger partial charge in [-0.05, 0) is 0 Å². The Hall–Kier alpha value is -0.143. The van der Waals surface area contributed by atoms with Crippen molar-refractivity contribution >= 4 is 5.97 Å². The van der Waals surface area contributed by atoms with Crippen LogP contribution in [-0.2, 0) is 4.79 Å². The van der Waals surface area contributed by atoms with Crippen LogP contribution in [0.2, 0.25) is 0 Å². The molecule has 0 atom stereocenters. The van der Waals surface area contributed by atoms with Crippen LogP contribution in [0.1, 0.15) is 8.35 Å². The van der Waals surface area contributed by atoms with E-state index in [0.717, 1.165) is 6.92 Å². The van der Waals surface area contributed by atoms with Crippen LogP contribution in [0.25, 0.3) is 0 Å². The molecule has 0 aromatic heterocycles. The van der Waals surface area contributed by atoms with Gasteiger partial charge in [0, 0.05) is 6.92 Å². The monoisotopic (exact) mass is 128 g/mol. The Morgan fingerprint density at radius 2 is 1.38 bits per heavy atom. The summed E-state index contributed by atoms with van der Waals surface area (Å²) in [5.74, 6) is -0.833. The molecule has 0 unspecified atom stereocenters. The summed E-state index contributed by atoms with van der Waals surface area (Å²) in [6, 6.07) is 0. The van der Waals surface area contributed by atoms with Crippen molar-refractivity contribution in [1.29, 1.82) is 0 Å². The van der Waals surface area contributed by atoms with E-state index in [-0.39, 0.29) is 34.4 Å². The minimum absolute atomic E-state index is 0. The molecule has 0 saturated carbocycles. The Kier molecular flexibility index (Phi) is 163. The topological polar surface area (TPSA) is 37.3 Å². The first-order valence-corrected chi connectivity index (χ1v) is 0.928. The molecule has 0 saturated heterocycles. The van der Waals surface area contributed by atoms with E-state index < -0.39 is 5.97 Å². The Labute approximate surface area is 58.0 Å². The molecule has 0 aliphatic rings. The molecule has 0 bridgehead atoms. The molecule has 50 valence electrons. The maximum atomic E-state index is 9.00. The second-order valence-electron chi connectivity index (χ2n) is 0.519. The third kappa shape index (κ3) is 6800. The average Bonchev–Trinajstić information content (AvgIpc) is 0.811. The molecule has 0 rings (SSSR count). The van der Waals surface area contributed by atoms with Crippen LogP contribution in [0.15, 0.2) is 0 Å². The molecule has 0 aromatic carbocycles. The molecule has 0 amide bonds. The van der Waals surface area contributed by atoms with E-state index in [1.807, 2.05) is 0 Å². The predicted molar refractivity (Wildman–Crippen MR) is 21.9 cm³/mol. The van der Waals surface area contributed by atoms with Gasteiger partial charge in [0.05, 0.1) is 0 Å². The fourth-order valence-corrected chi connectivity index (χ4v) is 0. The third-order valence-electron chi connectivity index (χ3n) is 0. The van der Waals surface area contributed by atoms with Crippen LogP contribution < -0.4 is 18.9 Å². The van der Waals surface area contributed by atoms with E-state index in [1.165, 1.54) is 0 Å². The number of halogens is 3. The Bertz CT molecular complexity index is 42.8. The van der Waals surface area contributed by atoms with E-state index >= 15 is 0 Å². The summed E-state index contributed by atoms with van der Waals surface area (Å²) in [7, 11) is 0. The predicted octanol–water partition coefficient (Wildman–Crippen LogP) is -2.34. The van der Waals surface area contributed by atoms with Gasteiger partial charge in [-0.2, -0.15) is 0 Å². The van der Waals surface area contributed by atoms with Gasteiger partial charge >= 0.3 is 18.9 Å². The van der Waals surface area contributed by atoms with Crippen molar-refractivity contribution in [2.24, 2.45) is 0 Å². The number of carboxylic acid groups (broad SMARTS) is 1. The van der Waals surface area contributed by atoms with E-state index in [1.54, 1.807) is 0 Å². The quantitative estimate of drug-likeness (QED) is 0.371. The third-order valence-corrected chi connectivity index (χ3v) is 0. The van der Waals surface area contributed by atoms with Gasteiger partial charge in [0.2, 0.25) is 0 Å². The van der Waals surface area contributed by atoms with Crippen LogP contribution in [0.5, 0.6) is 0 Å². The van der Waals surface area contributed by atoms with Gasteiger partial charge in [-0.3, -0.25) is 18.9 Å². The Morgan fingerprint density at radius 1 is 1.38 bits per heavy atom. The Balaban J connectivity index is -0.00000000450. The van der Waals surface area contributed by atoms with Gasteiger partial charge in [0.25, 0.3) is 5.97 Å². The van der Waals surface area contributed by atoms with Crippen LogP contribution >= 0.6 is 0 Å². The zero-order chi connectivity index (χ0) is 3.58. The van der Waals surface area contributed by atoms with Crippen LogP contribution in [-0.4, -0.2) is 11.1 Å². The molecule has 0 aliphatic heterocycles. The number of carboxylic acids is 1. The van der Waals surface area contributed by atoms with Crippen molar-refractivity contribution in [1.82, 2.24) is 0 Å². The molecule has 2 nitrogen and oxygen atoms in total. The van der Waals surface area contributed by atoms with E-state index in [2.05, 4.69) is 0 Å². The molecule has 8 heavy (non-hydrogen) atoms. The molecule has 0 aromatic rings. The summed E-state index contributed by atoms with van der Waals surface area (Å²) in [4.78, 5) is 9.00. The summed E-state index contributed by atoms with van der Waals surface area (Å²) in [5, 5.41) is 7.42. The average molecular weight is 128 g/mol. The van der Waals surface area contributed by atoms with Crippen LogP contribution in [0.4, 0.5) is 14.1 Å². The minimum atomic E-state index is -0.833. The zero-order valence-electron chi connectivity index (χ0n) is 5.58. The SMILES string of the molecule is CC(=O)O.F.F.F.[H-].[Li+]. The standard InChI is InChI=1S/C2H4O2.3FH.Li.H/c1-2(3)4;;;;;/h1H3,(H,3,4);3*1H;;/q;;;;+1;-1. The number of aliphatic carboxylic acids is 1. The number of hydrogen-bond donors (Lipinski definition) is 1. The normalized spacial score (nSPS) is 3.12. The van der Waals surface area contributed by atoms with Gasteiger partial charge < -0.3 is 6.53 Å². The summed E-state index contributed by atoms with van der Waals surface area (Å²) >= 11 is 0. The molecule has 0 spiro atoms. The molecule has 0 heterocycles.